The van der Waals surface area contributed by atoms with Crippen molar-refractivity contribution in [2.24, 2.45) is 0 Å². The number of hydrogen-bond acceptors (Lipinski definition) is 2. The molecule has 1 aromatic carbocycles. The van der Waals surface area contributed by atoms with E-state index in [1.807, 2.05) is 30.3 Å². The van der Waals surface area contributed by atoms with Gasteiger partial charge in [-0.2, -0.15) is 0 Å². The molecular formula is C13H17NO. The second-order valence-electron chi connectivity index (χ2n) is 3.43. The molecule has 0 saturated carbocycles. The Balaban J connectivity index is 2.86. The highest BCUT2D eigenvalue weighted by molar-refractivity contribution is 5.94. The van der Waals surface area contributed by atoms with Gasteiger partial charge >= 0.3 is 0 Å². The van der Waals surface area contributed by atoms with Crippen LogP contribution >= 0.6 is 0 Å². The zero-order valence-corrected chi connectivity index (χ0v) is 9.36. The molecule has 80 valence electrons. The first-order valence-electron chi connectivity index (χ1n) is 5.16. The molecule has 0 spiro atoms. The Morgan fingerprint density at radius 3 is 2.40 bits per heavy atom. The molecule has 0 fully saturated rings. The highest BCUT2D eigenvalue weighted by Crippen LogP contribution is 2.15. The molecule has 0 aliphatic carbocycles. The van der Waals surface area contributed by atoms with Crippen LogP contribution < -0.4 is 4.90 Å². The summed E-state index contributed by atoms with van der Waals surface area (Å²) in [5.74, 6) is 0.105. The van der Waals surface area contributed by atoms with Crippen LogP contribution in [-0.2, 0) is 0 Å². The Morgan fingerprint density at radius 2 is 2.00 bits per heavy atom. The van der Waals surface area contributed by atoms with Crippen LogP contribution in [0, 0.1) is 0 Å². The van der Waals surface area contributed by atoms with E-state index in [9.17, 15) is 4.79 Å². The van der Waals surface area contributed by atoms with Crippen molar-refractivity contribution in [3.63, 3.8) is 0 Å². The van der Waals surface area contributed by atoms with E-state index in [-0.39, 0.29) is 5.78 Å². The predicted octanol–water partition coefficient (Wildman–Crippen LogP) is 2.90. The molecule has 0 radical (unpaired) electrons. The van der Waals surface area contributed by atoms with Crippen molar-refractivity contribution in [1.82, 2.24) is 0 Å². The summed E-state index contributed by atoms with van der Waals surface area (Å²) in [7, 11) is 0. The lowest BCUT2D eigenvalue weighted by Crippen LogP contribution is -2.22. The second kappa shape index (κ2) is 5.35. The summed E-state index contributed by atoms with van der Waals surface area (Å²) >= 11 is 0. The molecule has 0 aliphatic rings. The Kier molecular flexibility index (Phi) is 4.10. The van der Waals surface area contributed by atoms with Gasteiger partial charge in [-0.05, 0) is 38.1 Å². The first-order valence-corrected chi connectivity index (χ1v) is 5.16. The lowest BCUT2D eigenvalue weighted by Gasteiger charge is -2.21. The van der Waals surface area contributed by atoms with Crippen molar-refractivity contribution in [1.29, 1.82) is 0 Å². The molecule has 1 aromatic rings. The van der Waals surface area contributed by atoms with Crippen LogP contribution in [0.15, 0.2) is 36.9 Å². The van der Waals surface area contributed by atoms with Crippen LogP contribution in [-0.4, -0.2) is 18.9 Å². The first-order chi connectivity index (χ1) is 7.19. The summed E-state index contributed by atoms with van der Waals surface area (Å²) in [5, 5.41) is 0. The third-order valence-corrected chi connectivity index (χ3v) is 2.37. The molecule has 0 bridgehead atoms. The largest absolute Gasteiger partial charge is 0.368 e. The normalized spacial score (nSPS) is 9.73. The van der Waals surface area contributed by atoms with Gasteiger partial charge in [0.15, 0.2) is 5.78 Å². The molecule has 1 rings (SSSR count). The Hall–Kier alpha value is -1.57. The molecule has 0 unspecified atom stereocenters. The van der Waals surface area contributed by atoms with Crippen molar-refractivity contribution < 1.29 is 4.79 Å². The van der Waals surface area contributed by atoms with E-state index >= 15 is 0 Å². The van der Waals surface area contributed by atoms with Crippen LogP contribution in [0.2, 0.25) is 0 Å². The fourth-order valence-corrected chi connectivity index (χ4v) is 1.48. The number of hydrogen-bond donors (Lipinski definition) is 0. The molecule has 0 atom stereocenters. The van der Waals surface area contributed by atoms with Crippen LogP contribution in [0.1, 0.15) is 24.2 Å². The number of benzene rings is 1. The fourth-order valence-electron chi connectivity index (χ4n) is 1.48. The molecule has 0 aliphatic heterocycles. The number of ketones is 1. The van der Waals surface area contributed by atoms with E-state index in [1.165, 1.54) is 0 Å². The molecule has 2 nitrogen and oxygen atoms in total. The van der Waals surface area contributed by atoms with Crippen LogP contribution in [0.25, 0.3) is 0 Å². The standard InChI is InChI=1S/C13H17NO/c1-4-10-14(5-2)13-8-6-12(7-9-13)11(3)15/h4,6-9H,1,5,10H2,2-3H3. The molecule has 0 saturated heterocycles. The van der Waals surface area contributed by atoms with Gasteiger partial charge < -0.3 is 4.90 Å². The zero-order valence-electron chi connectivity index (χ0n) is 9.36. The van der Waals surface area contributed by atoms with Gasteiger partial charge in [-0.15, -0.1) is 6.58 Å². The molecule has 15 heavy (non-hydrogen) atoms. The van der Waals surface area contributed by atoms with Crippen molar-refractivity contribution in [3.05, 3.63) is 42.5 Å². The summed E-state index contributed by atoms with van der Waals surface area (Å²) in [5.41, 5.74) is 1.89. The van der Waals surface area contributed by atoms with Gasteiger partial charge in [0.05, 0.1) is 0 Å². The SMILES string of the molecule is C=CCN(CC)c1ccc(C(C)=O)cc1. The number of rotatable bonds is 5. The van der Waals surface area contributed by atoms with Crippen molar-refractivity contribution in [2.75, 3.05) is 18.0 Å². The summed E-state index contributed by atoms with van der Waals surface area (Å²) < 4.78 is 0. The lowest BCUT2D eigenvalue weighted by molar-refractivity contribution is 0.101. The van der Waals surface area contributed by atoms with Crippen LogP contribution in [0.4, 0.5) is 5.69 Å². The van der Waals surface area contributed by atoms with Gasteiger partial charge in [-0.3, -0.25) is 4.79 Å². The third kappa shape index (κ3) is 2.94. The van der Waals surface area contributed by atoms with Crippen LogP contribution in [0.5, 0.6) is 0 Å². The van der Waals surface area contributed by atoms with E-state index in [0.29, 0.717) is 0 Å². The number of nitrogens with zero attached hydrogens (tertiary/aromatic N) is 1. The zero-order chi connectivity index (χ0) is 11.3. The minimum absolute atomic E-state index is 0.105. The van der Waals surface area contributed by atoms with Gasteiger partial charge in [0.1, 0.15) is 0 Å². The fraction of sp³-hybridized carbons (Fsp3) is 0.308. The van der Waals surface area contributed by atoms with Crippen LogP contribution in [0.3, 0.4) is 0 Å². The minimum atomic E-state index is 0.105. The van der Waals surface area contributed by atoms with Crippen molar-refractivity contribution >= 4 is 11.5 Å². The predicted molar refractivity (Wildman–Crippen MR) is 64.5 cm³/mol. The van der Waals surface area contributed by atoms with Gasteiger partial charge in [-0.1, -0.05) is 6.08 Å². The molecular weight excluding hydrogens is 186 g/mol. The number of likely N-dealkylation sites (N-methyl/N-ethyl adjacent to an activating group) is 1. The average molecular weight is 203 g/mol. The number of Topliss-reactive ketones (excluding diaryl/α,β-unsaturated/α-hetero) is 1. The quantitative estimate of drug-likeness (QED) is 0.541. The Labute approximate surface area is 91.2 Å². The van der Waals surface area contributed by atoms with Gasteiger partial charge in [0.2, 0.25) is 0 Å². The maximum absolute atomic E-state index is 11.1. The topological polar surface area (TPSA) is 20.3 Å². The molecule has 0 N–H and O–H groups in total. The number of anilines is 1. The molecule has 0 heterocycles. The second-order valence-corrected chi connectivity index (χ2v) is 3.43. The van der Waals surface area contributed by atoms with E-state index < -0.39 is 0 Å². The summed E-state index contributed by atoms with van der Waals surface area (Å²) in [6.45, 7) is 9.17. The van der Waals surface area contributed by atoms with Gasteiger partial charge in [0.25, 0.3) is 0 Å². The van der Waals surface area contributed by atoms with E-state index in [0.717, 1.165) is 24.3 Å². The Morgan fingerprint density at radius 1 is 1.40 bits per heavy atom. The third-order valence-electron chi connectivity index (χ3n) is 2.37. The smallest absolute Gasteiger partial charge is 0.159 e. The minimum Gasteiger partial charge on any atom is -0.368 e. The molecule has 0 amide bonds. The van der Waals surface area contributed by atoms with Gasteiger partial charge in [0, 0.05) is 24.3 Å². The maximum atomic E-state index is 11.1. The van der Waals surface area contributed by atoms with E-state index in [2.05, 4.69) is 18.4 Å². The highest BCUT2D eigenvalue weighted by Gasteiger charge is 2.03. The molecule has 0 aromatic heterocycles. The highest BCUT2D eigenvalue weighted by atomic mass is 16.1. The summed E-state index contributed by atoms with van der Waals surface area (Å²) in [4.78, 5) is 13.3. The molecule has 2 heteroatoms. The average Bonchev–Trinajstić information content (AvgIpc) is 2.26. The van der Waals surface area contributed by atoms with Crippen molar-refractivity contribution in [3.8, 4) is 0 Å². The number of carbonyl (C=O) groups is 1. The Bertz CT molecular complexity index is 340. The monoisotopic (exact) mass is 203 g/mol. The van der Waals surface area contributed by atoms with Crippen molar-refractivity contribution in [2.45, 2.75) is 13.8 Å². The summed E-state index contributed by atoms with van der Waals surface area (Å²) in [6, 6.07) is 7.68. The van der Waals surface area contributed by atoms with E-state index in [1.54, 1.807) is 6.92 Å². The van der Waals surface area contributed by atoms with Gasteiger partial charge in [-0.25, -0.2) is 0 Å². The van der Waals surface area contributed by atoms with E-state index in [4.69, 9.17) is 0 Å². The summed E-state index contributed by atoms with van der Waals surface area (Å²) in [6.07, 6.45) is 1.88. The lowest BCUT2D eigenvalue weighted by atomic mass is 10.1. The first kappa shape index (κ1) is 11.5. The maximum Gasteiger partial charge on any atom is 0.159 e. The number of carbonyl (C=O) groups excluding carboxylic acids is 1.